The molecule has 1 fully saturated rings. The maximum atomic E-state index is 5.15. The summed E-state index contributed by atoms with van der Waals surface area (Å²) in [5, 5.41) is 8.08. The zero-order chi connectivity index (χ0) is 9.00. The van der Waals surface area contributed by atoms with E-state index in [1.54, 1.807) is 0 Å². The standard InChI is InChI=1S/C8H10N2O2S/c1-4-3-5(2)7-8-6(4)9-11-13(8)12-10-7/h4-5H,3H2,1-2H3/t4-,5-/m1/s1. The van der Waals surface area contributed by atoms with Gasteiger partial charge in [0.15, 0.2) is 0 Å². The Morgan fingerprint density at radius 3 is 2.23 bits per heavy atom. The molecule has 0 N–H and O–H groups in total. The van der Waals surface area contributed by atoms with Crippen molar-refractivity contribution in [2.45, 2.75) is 20.3 Å². The average molecular weight is 198 g/mol. The minimum atomic E-state index is -0.609. The van der Waals surface area contributed by atoms with Crippen LogP contribution < -0.4 is 0 Å². The molecule has 0 aromatic heterocycles. The van der Waals surface area contributed by atoms with Gasteiger partial charge >= 0.3 is 0 Å². The van der Waals surface area contributed by atoms with Crippen molar-refractivity contribution in [2.75, 3.05) is 0 Å². The molecule has 70 valence electrons. The van der Waals surface area contributed by atoms with E-state index in [9.17, 15) is 0 Å². The normalized spacial score (nSPS) is 36.3. The quantitative estimate of drug-likeness (QED) is 0.556. The van der Waals surface area contributed by atoms with E-state index in [0.717, 1.165) is 22.7 Å². The highest BCUT2D eigenvalue weighted by Crippen LogP contribution is 2.39. The molecule has 0 saturated heterocycles. The molecule has 3 aliphatic rings. The van der Waals surface area contributed by atoms with Crippen LogP contribution in [0.25, 0.3) is 0 Å². The van der Waals surface area contributed by atoms with Gasteiger partial charge in [-0.25, -0.2) is 0 Å². The lowest BCUT2D eigenvalue weighted by atomic mass is 9.80. The van der Waals surface area contributed by atoms with Gasteiger partial charge in [-0.15, -0.1) is 0 Å². The molecule has 0 spiro atoms. The lowest BCUT2D eigenvalue weighted by molar-refractivity contribution is 0.305. The first-order valence-corrected chi connectivity index (χ1v) is 5.47. The van der Waals surface area contributed by atoms with E-state index in [2.05, 4.69) is 24.2 Å². The van der Waals surface area contributed by atoms with Crippen LogP contribution in [0.2, 0.25) is 0 Å². The first-order valence-electron chi connectivity index (χ1n) is 4.40. The van der Waals surface area contributed by atoms with Crippen molar-refractivity contribution in [1.29, 1.82) is 0 Å². The topological polar surface area (TPSA) is 43.2 Å². The van der Waals surface area contributed by atoms with Crippen molar-refractivity contribution < 1.29 is 8.57 Å². The average Bonchev–Trinajstić information content (AvgIpc) is 2.60. The van der Waals surface area contributed by atoms with Gasteiger partial charge in [-0.05, 0) is 6.42 Å². The van der Waals surface area contributed by atoms with Crippen LogP contribution in [0, 0.1) is 11.8 Å². The molecule has 2 atom stereocenters. The molecule has 1 saturated carbocycles. The summed E-state index contributed by atoms with van der Waals surface area (Å²) in [7, 11) is 0. The van der Waals surface area contributed by atoms with Gasteiger partial charge in [0.05, 0.1) is 0 Å². The van der Waals surface area contributed by atoms with E-state index >= 15 is 0 Å². The summed E-state index contributed by atoms with van der Waals surface area (Å²) in [6.45, 7) is 4.35. The maximum absolute atomic E-state index is 5.15. The lowest BCUT2D eigenvalue weighted by Crippen LogP contribution is -2.37. The molecule has 0 bridgehead atoms. The van der Waals surface area contributed by atoms with Gasteiger partial charge in [0, 0.05) is 11.8 Å². The Morgan fingerprint density at radius 2 is 1.69 bits per heavy atom. The van der Waals surface area contributed by atoms with Crippen molar-refractivity contribution in [3.63, 3.8) is 0 Å². The molecule has 0 aromatic carbocycles. The van der Waals surface area contributed by atoms with Crippen molar-refractivity contribution >= 4 is 27.3 Å². The molecule has 3 rings (SSSR count). The molecular formula is C8H10N2O2S. The summed E-state index contributed by atoms with van der Waals surface area (Å²) in [6, 6.07) is 0. The third kappa shape index (κ3) is 0.852. The summed E-state index contributed by atoms with van der Waals surface area (Å²) in [5.41, 5.74) is 2.11. The van der Waals surface area contributed by atoms with E-state index < -0.39 is 11.0 Å². The first kappa shape index (κ1) is 7.55. The molecule has 1 aliphatic carbocycles. The summed E-state index contributed by atoms with van der Waals surface area (Å²) < 4.78 is 10.3. The van der Waals surface area contributed by atoms with Crippen molar-refractivity contribution in [3.05, 3.63) is 0 Å². The number of nitrogens with zero attached hydrogens (tertiary/aromatic N) is 2. The summed E-state index contributed by atoms with van der Waals surface area (Å²) in [5.74, 6) is 0.950. The summed E-state index contributed by atoms with van der Waals surface area (Å²) in [4.78, 5) is 1.12. The number of rotatable bonds is 0. The molecule has 0 amide bonds. The highest BCUT2D eigenvalue weighted by Gasteiger charge is 2.42. The van der Waals surface area contributed by atoms with Crippen LogP contribution in [0.1, 0.15) is 20.3 Å². The van der Waals surface area contributed by atoms with Gasteiger partial charge in [-0.2, -0.15) is 0 Å². The molecular weight excluding hydrogens is 188 g/mol. The van der Waals surface area contributed by atoms with Gasteiger partial charge in [0.1, 0.15) is 16.3 Å². The fourth-order valence-corrected chi connectivity index (χ4v) is 3.29. The predicted octanol–water partition coefficient (Wildman–Crippen LogP) is 1.71. The fraction of sp³-hybridized carbons (Fsp3) is 0.625. The zero-order valence-corrected chi connectivity index (χ0v) is 8.30. The molecule has 13 heavy (non-hydrogen) atoms. The van der Waals surface area contributed by atoms with E-state index in [4.69, 9.17) is 8.57 Å². The van der Waals surface area contributed by atoms with Gasteiger partial charge in [-0.1, -0.05) is 24.2 Å². The van der Waals surface area contributed by atoms with Crippen molar-refractivity contribution in [1.82, 2.24) is 0 Å². The lowest BCUT2D eigenvalue weighted by Gasteiger charge is -2.23. The SMILES string of the molecule is C[C@@H]1C[C@@H](C)C2=NOS3=C2C1=NO3. The third-order valence-corrected chi connectivity index (χ3v) is 3.85. The van der Waals surface area contributed by atoms with Crippen LogP contribution in [0.15, 0.2) is 10.3 Å². The number of oxime groups is 2. The zero-order valence-electron chi connectivity index (χ0n) is 7.48. The minimum Gasteiger partial charge on any atom is -0.288 e. The van der Waals surface area contributed by atoms with Crippen molar-refractivity contribution in [2.24, 2.45) is 22.1 Å². The Morgan fingerprint density at radius 1 is 1.15 bits per heavy atom. The third-order valence-electron chi connectivity index (χ3n) is 2.68. The van der Waals surface area contributed by atoms with E-state index in [-0.39, 0.29) is 0 Å². The van der Waals surface area contributed by atoms with Gasteiger partial charge in [-0.3, -0.25) is 8.57 Å². The monoisotopic (exact) mass is 198 g/mol. The van der Waals surface area contributed by atoms with Crippen LogP contribution in [-0.4, -0.2) is 16.3 Å². The Labute approximate surface area is 78.9 Å². The van der Waals surface area contributed by atoms with Crippen molar-refractivity contribution in [3.8, 4) is 0 Å². The van der Waals surface area contributed by atoms with Crippen LogP contribution in [-0.2, 0) is 8.57 Å². The highest BCUT2D eigenvalue weighted by atomic mass is 32.2. The first-order chi connectivity index (χ1) is 6.27. The highest BCUT2D eigenvalue weighted by molar-refractivity contribution is 8.10. The molecule has 4 nitrogen and oxygen atoms in total. The molecule has 0 unspecified atom stereocenters. The second-order valence-electron chi connectivity index (χ2n) is 3.70. The van der Waals surface area contributed by atoms with Gasteiger partial charge in [0.2, 0.25) is 11.0 Å². The number of hydrogen-bond acceptors (Lipinski definition) is 4. The van der Waals surface area contributed by atoms with E-state index in [0.29, 0.717) is 11.8 Å². The summed E-state index contributed by atoms with van der Waals surface area (Å²) >= 11 is -0.609. The largest absolute Gasteiger partial charge is 0.288 e. The Balaban J connectivity index is 2.13. The second kappa shape index (κ2) is 2.35. The molecule has 2 heterocycles. The summed E-state index contributed by atoms with van der Waals surface area (Å²) in [6.07, 6.45) is 1.09. The minimum absolute atomic E-state index is 0.475. The molecule has 5 heteroatoms. The van der Waals surface area contributed by atoms with Crippen LogP contribution in [0.5, 0.6) is 0 Å². The van der Waals surface area contributed by atoms with Gasteiger partial charge in [0.25, 0.3) is 0 Å². The maximum Gasteiger partial charge on any atom is 0.248 e. The Hall–Kier alpha value is -0.840. The Bertz CT molecular complexity index is 340. The molecule has 0 aromatic rings. The van der Waals surface area contributed by atoms with E-state index in [1.807, 2.05) is 0 Å². The van der Waals surface area contributed by atoms with Crippen LogP contribution in [0.4, 0.5) is 0 Å². The van der Waals surface area contributed by atoms with Crippen LogP contribution >= 0.6 is 11.0 Å². The van der Waals surface area contributed by atoms with Gasteiger partial charge < -0.3 is 0 Å². The van der Waals surface area contributed by atoms with Crippen LogP contribution in [0.3, 0.4) is 0 Å². The molecule has 0 radical (unpaired) electrons. The smallest absolute Gasteiger partial charge is 0.248 e. The molecule has 2 aliphatic heterocycles. The second-order valence-corrected chi connectivity index (χ2v) is 4.88. The Kier molecular flexibility index (Phi) is 1.36. The van der Waals surface area contributed by atoms with E-state index in [1.165, 1.54) is 0 Å². The fourth-order valence-electron chi connectivity index (χ4n) is 2.00. The number of hydrogen-bond donors (Lipinski definition) is 0. The predicted molar refractivity (Wildman–Crippen MR) is 52.6 cm³/mol.